The number of ether oxygens (including phenoxy) is 3. The second-order valence-corrected chi connectivity index (χ2v) is 18.3. The lowest BCUT2D eigenvalue weighted by molar-refractivity contribution is -0.164. The Hall–Kier alpha value is -2.19. The number of alkyl halides is 1. The van der Waals surface area contributed by atoms with E-state index in [1.165, 1.54) is 26.7 Å². The van der Waals surface area contributed by atoms with E-state index in [0.717, 1.165) is 29.7 Å². The number of aliphatic hydroxyl groups excluding tert-OH is 2. The molecule has 0 aromatic rings. The number of allylic oxidation sites excluding steroid dienone is 4. The molecule has 1 amide bonds. The lowest BCUT2D eigenvalue weighted by Gasteiger charge is -2.37. The lowest BCUT2D eigenvalue weighted by Crippen LogP contribution is -2.57. The number of Topliss-reactive ketones (excluding diaryl/α,β-unsaturated/α-hetero) is 2. The van der Waals surface area contributed by atoms with Crippen LogP contribution in [0.15, 0.2) is 23.3 Å². The minimum Gasteiger partial charge on any atom is -0.480 e. The van der Waals surface area contributed by atoms with Crippen molar-refractivity contribution in [2.24, 2.45) is 35.5 Å². The maximum Gasteiger partial charge on any atom is 0.326 e. The first-order valence-corrected chi connectivity index (χ1v) is 21.9. The van der Waals surface area contributed by atoms with Crippen molar-refractivity contribution in [1.82, 2.24) is 4.90 Å². The number of carboxylic acid groups (broad SMARTS) is 1. The first kappa shape index (κ1) is 51.9. The van der Waals surface area contributed by atoms with Crippen LogP contribution in [0.2, 0.25) is 0 Å². The largest absolute Gasteiger partial charge is 0.480 e. The van der Waals surface area contributed by atoms with Crippen LogP contribution in [0.1, 0.15) is 126 Å². The summed E-state index contributed by atoms with van der Waals surface area (Å²) < 4.78 is 16.9. The third-order valence-electron chi connectivity index (χ3n) is 13.3. The number of carbonyl (C=O) groups excluding carboxylic acids is 3. The molecule has 0 bridgehead atoms. The highest BCUT2D eigenvalue weighted by Gasteiger charge is 2.46. The zero-order chi connectivity index (χ0) is 44.1. The second kappa shape index (κ2) is 24.3. The van der Waals surface area contributed by atoms with Crippen LogP contribution in [0.25, 0.3) is 0 Å². The van der Waals surface area contributed by atoms with Crippen LogP contribution in [0.3, 0.4) is 0 Å². The fourth-order valence-corrected chi connectivity index (χ4v) is 9.11. The second-order valence-electron chi connectivity index (χ2n) is 17.7. The summed E-state index contributed by atoms with van der Waals surface area (Å²) in [5, 5.41) is 43.6. The Morgan fingerprint density at radius 2 is 1.55 bits per heavy atom. The van der Waals surface area contributed by atoms with E-state index in [4.69, 9.17) is 25.8 Å². The number of aliphatic hydroxyl groups is 3. The number of halogens is 1. The van der Waals surface area contributed by atoms with Crippen LogP contribution < -0.4 is 0 Å². The van der Waals surface area contributed by atoms with Crippen molar-refractivity contribution < 1.29 is 53.8 Å². The number of hydrogen-bond donors (Lipinski definition) is 4. The number of methoxy groups -OCH3 is 3. The van der Waals surface area contributed by atoms with E-state index in [2.05, 4.69) is 19.9 Å². The minimum atomic E-state index is -2.14. The third kappa shape index (κ3) is 14.5. The van der Waals surface area contributed by atoms with Crippen LogP contribution in [0.5, 0.6) is 0 Å². The summed E-state index contributed by atoms with van der Waals surface area (Å²) in [5.74, 6) is -4.09. The van der Waals surface area contributed by atoms with Crippen molar-refractivity contribution >= 4 is 35.0 Å². The van der Waals surface area contributed by atoms with Crippen molar-refractivity contribution in [3.63, 3.8) is 0 Å². The molecule has 4 N–H and O–H groups in total. The molecule has 0 radical (unpaired) electrons. The van der Waals surface area contributed by atoms with Crippen molar-refractivity contribution in [3.05, 3.63) is 23.3 Å². The molecule has 334 valence electrons. The Kier molecular flexibility index (Phi) is 21.8. The number of nitrogens with zero attached hydrogens (tertiary/aromatic N) is 1. The molecule has 0 unspecified atom stereocenters. The quantitative estimate of drug-likeness (QED) is 0.0471. The molecule has 0 aromatic carbocycles. The molecule has 13 heteroatoms. The van der Waals surface area contributed by atoms with Crippen molar-refractivity contribution in [3.8, 4) is 0 Å². The van der Waals surface area contributed by atoms with Gasteiger partial charge in [0.25, 0.3) is 11.7 Å². The first-order chi connectivity index (χ1) is 27.1. The zero-order valence-corrected chi connectivity index (χ0v) is 37.9. The number of hydrogen-bond acceptors (Lipinski definition) is 10. The van der Waals surface area contributed by atoms with Gasteiger partial charge in [-0.05, 0) is 115 Å². The molecule has 0 spiro atoms. The summed E-state index contributed by atoms with van der Waals surface area (Å²) in [6.07, 6.45) is 6.89. The molecular weight excluding hydrogens is 766 g/mol. The SMILES string of the molecule is CC[C@H](C=C(C)C[C@H](C)C[C@H](OC)[C@@H](O)[C@H](C[C@@H](C)[C@](C)(O)C(=O)C(=O)N1CCCC[C@H]1C(=O)O)OC)C(=O)C[C@H](O)[C@@H](C)[C@H](C)C(C)=C[C@@H]1CC[C@H](Cl)[C@H](OC)C1. The van der Waals surface area contributed by atoms with Gasteiger partial charge in [-0.1, -0.05) is 57.9 Å². The number of carbonyl (C=O) groups is 4. The molecule has 1 aliphatic heterocycles. The van der Waals surface area contributed by atoms with Gasteiger partial charge in [0.1, 0.15) is 23.5 Å². The molecule has 2 rings (SSSR count). The highest BCUT2D eigenvalue weighted by molar-refractivity contribution is 6.39. The van der Waals surface area contributed by atoms with Gasteiger partial charge in [-0.15, -0.1) is 11.6 Å². The van der Waals surface area contributed by atoms with E-state index in [1.54, 1.807) is 14.0 Å². The average molecular weight is 843 g/mol. The summed E-state index contributed by atoms with van der Waals surface area (Å²) >= 11 is 6.43. The summed E-state index contributed by atoms with van der Waals surface area (Å²) in [6.45, 7) is 15.1. The van der Waals surface area contributed by atoms with E-state index in [9.17, 15) is 39.6 Å². The zero-order valence-electron chi connectivity index (χ0n) is 37.1. The van der Waals surface area contributed by atoms with E-state index in [1.807, 2.05) is 33.8 Å². The monoisotopic (exact) mass is 842 g/mol. The van der Waals surface area contributed by atoms with Crippen molar-refractivity contribution in [1.29, 1.82) is 0 Å². The van der Waals surface area contributed by atoms with Gasteiger partial charge in [0, 0.05) is 40.2 Å². The van der Waals surface area contributed by atoms with E-state index in [0.29, 0.717) is 38.0 Å². The molecule has 12 nitrogen and oxygen atoms in total. The molecule has 1 saturated carbocycles. The van der Waals surface area contributed by atoms with Crippen LogP contribution >= 0.6 is 11.6 Å². The van der Waals surface area contributed by atoms with E-state index >= 15 is 0 Å². The third-order valence-corrected chi connectivity index (χ3v) is 13.8. The molecule has 14 atom stereocenters. The number of piperidine rings is 1. The maximum atomic E-state index is 13.5. The smallest absolute Gasteiger partial charge is 0.326 e. The number of aliphatic carboxylic acids is 1. The fraction of sp³-hybridized carbons (Fsp3) is 0.822. The van der Waals surface area contributed by atoms with Gasteiger partial charge < -0.3 is 39.5 Å². The Labute approximate surface area is 353 Å². The van der Waals surface area contributed by atoms with Crippen molar-refractivity contribution in [2.75, 3.05) is 27.9 Å². The predicted molar refractivity (Wildman–Crippen MR) is 225 cm³/mol. The normalized spacial score (nSPS) is 26.6. The van der Waals surface area contributed by atoms with Gasteiger partial charge in [-0.2, -0.15) is 0 Å². The number of amides is 1. The fourth-order valence-electron chi connectivity index (χ4n) is 8.78. The molecule has 1 aliphatic carbocycles. The highest BCUT2D eigenvalue weighted by atomic mass is 35.5. The molecule has 0 aromatic heterocycles. The Morgan fingerprint density at radius 3 is 2.12 bits per heavy atom. The molecule has 58 heavy (non-hydrogen) atoms. The van der Waals surface area contributed by atoms with Gasteiger partial charge in [-0.25, -0.2) is 4.79 Å². The van der Waals surface area contributed by atoms with Crippen LogP contribution in [0.4, 0.5) is 0 Å². The maximum absolute atomic E-state index is 13.5. The van der Waals surface area contributed by atoms with Gasteiger partial charge >= 0.3 is 5.97 Å². The van der Waals surface area contributed by atoms with Crippen LogP contribution in [-0.2, 0) is 33.4 Å². The molecule has 1 saturated heterocycles. The Balaban J connectivity index is 2.00. The Bertz CT molecular complexity index is 1400. The molecule has 2 fully saturated rings. The van der Waals surface area contributed by atoms with Gasteiger partial charge in [0.15, 0.2) is 0 Å². The van der Waals surface area contributed by atoms with Crippen molar-refractivity contribution in [2.45, 2.75) is 174 Å². The first-order valence-electron chi connectivity index (χ1n) is 21.4. The molecular formula is C45H76ClNO11. The van der Waals surface area contributed by atoms with Gasteiger partial charge in [0.2, 0.25) is 0 Å². The summed E-state index contributed by atoms with van der Waals surface area (Å²) in [4.78, 5) is 52.7. The molecule has 1 heterocycles. The summed E-state index contributed by atoms with van der Waals surface area (Å²) in [5.41, 5.74) is 0.0798. The number of likely N-dealkylation sites (tertiary alicyclic amines) is 1. The predicted octanol–water partition coefficient (Wildman–Crippen LogP) is 6.54. The molecule has 2 aliphatic rings. The number of rotatable bonds is 24. The summed E-state index contributed by atoms with van der Waals surface area (Å²) in [6, 6.07) is -1.12. The number of ketones is 2. The minimum absolute atomic E-state index is 0.00185. The Morgan fingerprint density at radius 1 is 0.931 bits per heavy atom. The van der Waals surface area contributed by atoms with E-state index < -0.39 is 59.6 Å². The van der Waals surface area contributed by atoms with E-state index in [-0.39, 0.29) is 66.7 Å². The van der Waals surface area contributed by atoms with Gasteiger partial charge in [0.05, 0.1) is 29.8 Å². The number of carboxylic acids is 1. The van der Waals surface area contributed by atoms with Crippen LogP contribution in [0, 0.1) is 35.5 Å². The summed E-state index contributed by atoms with van der Waals surface area (Å²) in [7, 11) is 4.61. The lowest BCUT2D eigenvalue weighted by atomic mass is 9.79. The topological polar surface area (TPSA) is 180 Å². The van der Waals surface area contributed by atoms with Gasteiger partial charge in [-0.3, -0.25) is 14.4 Å². The standard InChI is InChI=1S/C45H76ClNO11/c1-12-33(37(49)25-36(48)31(7)30(6)28(4)22-32-16-17-34(46)38(24-32)56-9)20-26(2)19-27(3)21-39(57-10)41(50)40(58-11)23-29(5)45(8,55)42(51)43(52)47-18-14-13-15-35(47)44(53)54/h20,22,27,29-36,38-41,48,50,55H,12-19,21,23-25H2,1-11H3,(H,53,54)/t27-,29+,30+,31-,32-,33+,34-,35-,36-,38+,39-,40-,41+,45-/m0/s1. The van der Waals surface area contributed by atoms with Crippen LogP contribution in [-0.4, -0.2) is 124 Å². The average Bonchev–Trinajstić information content (AvgIpc) is 3.19. The highest BCUT2D eigenvalue weighted by Crippen LogP contribution is 2.35.